The van der Waals surface area contributed by atoms with Gasteiger partial charge in [0, 0.05) is 24.1 Å². The summed E-state index contributed by atoms with van der Waals surface area (Å²) in [5.74, 6) is 0.676. The van der Waals surface area contributed by atoms with E-state index >= 15 is 0 Å². The molecule has 1 aliphatic rings. The third-order valence-electron chi connectivity index (χ3n) is 4.16. The Bertz CT molecular complexity index is 854. The first-order valence-electron chi connectivity index (χ1n) is 8.61. The van der Waals surface area contributed by atoms with Crippen molar-refractivity contribution in [2.75, 3.05) is 13.2 Å². The maximum Gasteiger partial charge on any atom is 0.266 e. The van der Waals surface area contributed by atoms with Gasteiger partial charge in [-0.2, -0.15) is 5.10 Å². The van der Waals surface area contributed by atoms with Crippen molar-refractivity contribution in [3.05, 3.63) is 58.0 Å². The molecule has 0 saturated heterocycles. The minimum Gasteiger partial charge on any atom is -0.484 e. The smallest absolute Gasteiger partial charge is 0.266 e. The molecule has 3 rings (SSSR count). The number of aromatic nitrogens is 2. The number of nitrogens with one attached hydrogen (secondary N) is 1. The number of ether oxygens (including phenoxy) is 1. The predicted octanol–water partition coefficient (Wildman–Crippen LogP) is 1.52. The lowest BCUT2D eigenvalue weighted by molar-refractivity contribution is -0.123. The summed E-state index contributed by atoms with van der Waals surface area (Å²) in [6, 6.07) is 9.91. The first-order chi connectivity index (χ1) is 12.5. The van der Waals surface area contributed by atoms with Crippen molar-refractivity contribution in [1.82, 2.24) is 15.1 Å². The Morgan fingerprint density at radius 1 is 1.19 bits per heavy atom. The predicted molar refractivity (Wildman–Crippen MR) is 95.4 cm³/mol. The van der Waals surface area contributed by atoms with Gasteiger partial charge in [-0.1, -0.05) is 0 Å². The zero-order valence-electron chi connectivity index (χ0n) is 14.6. The number of rotatable bonds is 8. The molecule has 1 aromatic heterocycles. The first kappa shape index (κ1) is 17.8. The second kappa shape index (κ2) is 7.95. The molecule has 1 aromatic carbocycles. The molecule has 1 fully saturated rings. The quantitative estimate of drug-likeness (QED) is 0.725. The maximum absolute atomic E-state index is 11.9. The molecule has 0 spiro atoms. The Morgan fingerprint density at radius 2 is 1.92 bits per heavy atom. The highest BCUT2D eigenvalue weighted by Crippen LogP contribution is 2.38. The Kier molecular flexibility index (Phi) is 5.46. The van der Waals surface area contributed by atoms with Gasteiger partial charge >= 0.3 is 0 Å². The standard InChI is InChI=1S/C19H21N3O4/c1-13(23)14-4-6-16(7-5-14)26-12-18(24)20-10-11-22-19(25)9-8-17(21-22)15-2-3-15/h4-9,15H,2-3,10-12H2,1H3,(H,20,24). The van der Waals surface area contributed by atoms with Crippen LogP contribution in [-0.2, 0) is 11.3 Å². The second-order valence-corrected chi connectivity index (χ2v) is 6.31. The van der Waals surface area contributed by atoms with Gasteiger partial charge in [-0.15, -0.1) is 0 Å². The maximum atomic E-state index is 11.9. The highest BCUT2D eigenvalue weighted by atomic mass is 16.5. The Hall–Kier alpha value is -2.96. The number of carbonyl (C=O) groups is 2. The van der Waals surface area contributed by atoms with Crippen LogP contribution < -0.4 is 15.6 Å². The summed E-state index contributed by atoms with van der Waals surface area (Å²) in [6.45, 7) is 1.97. The van der Waals surface area contributed by atoms with E-state index in [4.69, 9.17) is 4.74 Å². The molecule has 2 aromatic rings. The molecule has 136 valence electrons. The van der Waals surface area contributed by atoms with Crippen LogP contribution in [0.15, 0.2) is 41.2 Å². The second-order valence-electron chi connectivity index (χ2n) is 6.31. The number of nitrogens with zero attached hydrogens (tertiary/aromatic N) is 2. The third-order valence-corrected chi connectivity index (χ3v) is 4.16. The number of amides is 1. The molecule has 1 aliphatic carbocycles. The molecule has 1 N–H and O–H groups in total. The summed E-state index contributed by atoms with van der Waals surface area (Å²) in [4.78, 5) is 34.9. The first-order valence-corrected chi connectivity index (χ1v) is 8.61. The van der Waals surface area contributed by atoms with E-state index < -0.39 is 0 Å². The van der Waals surface area contributed by atoms with Crippen LogP contribution in [0.2, 0.25) is 0 Å². The monoisotopic (exact) mass is 355 g/mol. The van der Waals surface area contributed by atoms with Crippen molar-refractivity contribution in [3.8, 4) is 5.75 Å². The number of hydrogen-bond acceptors (Lipinski definition) is 5. The van der Waals surface area contributed by atoms with E-state index in [-0.39, 0.29) is 23.9 Å². The van der Waals surface area contributed by atoms with Gasteiger partial charge in [0.05, 0.1) is 12.2 Å². The van der Waals surface area contributed by atoms with Crippen molar-refractivity contribution in [2.45, 2.75) is 32.2 Å². The van der Waals surface area contributed by atoms with Crippen LogP contribution in [0.1, 0.15) is 41.7 Å². The third kappa shape index (κ3) is 4.78. The average Bonchev–Trinajstić information content (AvgIpc) is 3.47. The van der Waals surface area contributed by atoms with Gasteiger partial charge in [0.15, 0.2) is 12.4 Å². The number of Topliss-reactive ketones (excluding diaryl/α,β-unsaturated/α-hetero) is 1. The Balaban J connectivity index is 1.43. The molecular formula is C19H21N3O4. The van der Waals surface area contributed by atoms with Gasteiger partial charge in [-0.25, -0.2) is 4.68 Å². The fraction of sp³-hybridized carbons (Fsp3) is 0.368. The van der Waals surface area contributed by atoms with E-state index in [2.05, 4.69) is 10.4 Å². The molecule has 0 bridgehead atoms. The minimum absolute atomic E-state index is 0.0242. The lowest BCUT2D eigenvalue weighted by atomic mass is 10.1. The summed E-state index contributed by atoms with van der Waals surface area (Å²) in [6.07, 6.45) is 2.24. The van der Waals surface area contributed by atoms with Crippen LogP contribution in [0.4, 0.5) is 0 Å². The zero-order chi connectivity index (χ0) is 18.5. The van der Waals surface area contributed by atoms with Crippen molar-refractivity contribution < 1.29 is 14.3 Å². The van der Waals surface area contributed by atoms with E-state index in [0.717, 1.165) is 18.5 Å². The molecule has 1 heterocycles. The molecule has 0 radical (unpaired) electrons. The molecule has 1 amide bonds. The zero-order valence-corrected chi connectivity index (χ0v) is 14.6. The molecule has 7 nitrogen and oxygen atoms in total. The van der Waals surface area contributed by atoms with Crippen molar-refractivity contribution >= 4 is 11.7 Å². The van der Waals surface area contributed by atoms with Crippen molar-refractivity contribution in [1.29, 1.82) is 0 Å². The molecule has 26 heavy (non-hydrogen) atoms. The van der Waals surface area contributed by atoms with E-state index in [1.165, 1.54) is 17.7 Å². The van der Waals surface area contributed by atoms with Gasteiger partial charge < -0.3 is 10.1 Å². The number of hydrogen-bond donors (Lipinski definition) is 1. The molecular weight excluding hydrogens is 334 g/mol. The van der Waals surface area contributed by atoms with Gasteiger partial charge in [0.25, 0.3) is 11.5 Å². The van der Waals surface area contributed by atoms with Crippen LogP contribution in [0.3, 0.4) is 0 Å². The summed E-state index contributed by atoms with van der Waals surface area (Å²) in [5.41, 5.74) is 1.35. The highest BCUT2D eigenvalue weighted by molar-refractivity contribution is 5.94. The fourth-order valence-corrected chi connectivity index (χ4v) is 2.51. The number of ketones is 1. The molecule has 0 unspecified atom stereocenters. The van der Waals surface area contributed by atoms with E-state index in [0.29, 0.717) is 30.3 Å². The highest BCUT2D eigenvalue weighted by Gasteiger charge is 2.25. The summed E-state index contributed by atoms with van der Waals surface area (Å²) in [5, 5.41) is 7.05. The van der Waals surface area contributed by atoms with Gasteiger partial charge in [0.1, 0.15) is 5.75 Å². The number of benzene rings is 1. The Labute approximate surface area is 151 Å². The van der Waals surface area contributed by atoms with Crippen LogP contribution in [-0.4, -0.2) is 34.6 Å². The van der Waals surface area contributed by atoms with Crippen molar-refractivity contribution in [3.63, 3.8) is 0 Å². The van der Waals surface area contributed by atoms with E-state index in [1.807, 2.05) is 0 Å². The van der Waals surface area contributed by atoms with Crippen LogP contribution in [0.25, 0.3) is 0 Å². The molecule has 7 heteroatoms. The lowest BCUT2D eigenvalue weighted by Crippen LogP contribution is -2.34. The molecule has 0 aliphatic heterocycles. The minimum atomic E-state index is -0.285. The normalized spacial score (nSPS) is 13.3. The summed E-state index contributed by atoms with van der Waals surface area (Å²) in [7, 11) is 0. The van der Waals surface area contributed by atoms with E-state index in [1.54, 1.807) is 30.3 Å². The van der Waals surface area contributed by atoms with Crippen LogP contribution in [0, 0.1) is 0 Å². The molecule has 0 atom stereocenters. The van der Waals surface area contributed by atoms with Crippen LogP contribution >= 0.6 is 0 Å². The van der Waals surface area contributed by atoms with Gasteiger partial charge in [0.2, 0.25) is 0 Å². The van der Waals surface area contributed by atoms with Gasteiger partial charge in [-0.3, -0.25) is 14.4 Å². The molecule has 1 saturated carbocycles. The SMILES string of the molecule is CC(=O)c1ccc(OCC(=O)NCCn2nc(C3CC3)ccc2=O)cc1. The van der Waals surface area contributed by atoms with Gasteiger partial charge in [-0.05, 0) is 50.1 Å². The Morgan fingerprint density at radius 3 is 2.58 bits per heavy atom. The fourth-order valence-electron chi connectivity index (χ4n) is 2.51. The van der Waals surface area contributed by atoms with Crippen molar-refractivity contribution in [2.24, 2.45) is 0 Å². The largest absolute Gasteiger partial charge is 0.484 e. The van der Waals surface area contributed by atoms with E-state index in [9.17, 15) is 14.4 Å². The lowest BCUT2D eigenvalue weighted by Gasteiger charge is -2.09. The number of carbonyl (C=O) groups excluding carboxylic acids is 2. The van der Waals surface area contributed by atoms with Crippen LogP contribution in [0.5, 0.6) is 5.75 Å². The summed E-state index contributed by atoms with van der Waals surface area (Å²) >= 11 is 0. The topological polar surface area (TPSA) is 90.3 Å². The average molecular weight is 355 g/mol. The summed E-state index contributed by atoms with van der Waals surface area (Å²) < 4.78 is 6.76.